The van der Waals surface area contributed by atoms with Crippen LogP contribution < -0.4 is 11.1 Å². The zero-order valence-corrected chi connectivity index (χ0v) is 7.30. The van der Waals surface area contributed by atoms with Crippen LogP contribution in [-0.4, -0.2) is 40.1 Å². The minimum absolute atomic E-state index is 0.0970. The van der Waals surface area contributed by atoms with Crippen molar-refractivity contribution in [1.82, 2.24) is 5.32 Å². The monoisotopic (exact) mass is 162 g/mol. The minimum Gasteiger partial charge on any atom is -0.356 e. The molecule has 0 spiro atoms. The largest absolute Gasteiger partial charge is 0.356 e. The normalized spacial score (nSPS) is 10.9. The van der Waals surface area contributed by atoms with Crippen LogP contribution in [0.4, 0.5) is 0 Å². The van der Waals surface area contributed by atoms with E-state index in [2.05, 4.69) is 5.32 Å². The summed E-state index contributed by atoms with van der Waals surface area (Å²) in [5.74, 6) is 0. The van der Waals surface area contributed by atoms with Crippen LogP contribution in [0.1, 0.15) is 6.42 Å². The first kappa shape index (κ1) is 10.8. The van der Waals surface area contributed by atoms with E-state index in [0.29, 0.717) is 6.54 Å². The van der Waals surface area contributed by atoms with Gasteiger partial charge in [0.15, 0.2) is 6.29 Å². The van der Waals surface area contributed by atoms with E-state index in [0.717, 1.165) is 19.5 Å². The molecule has 0 atom stereocenters. The van der Waals surface area contributed by atoms with Crippen LogP contribution in [0, 0.1) is 0 Å². The van der Waals surface area contributed by atoms with Gasteiger partial charge >= 0.3 is 0 Å². The van der Waals surface area contributed by atoms with Gasteiger partial charge in [-0.05, 0) is 6.54 Å². The molecule has 4 heteroatoms. The maximum Gasteiger partial charge on any atom is 0.158 e. The van der Waals surface area contributed by atoms with E-state index in [9.17, 15) is 0 Å². The van der Waals surface area contributed by atoms with Gasteiger partial charge in [0.05, 0.1) is 0 Å². The first-order valence-electron chi connectivity index (χ1n) is 3.81. The molecule has 0 aliphatic rings. The molecule has 0 rings (SSSR count). The molecule has 0 saturated carbocycles. The Bertz CT molecular complexity index is 76.8. The Balaban J connectivity index is 3.07. The lowest BCUT2D eigenvalue weighted by Crippen LogP contribution is -2.27. The summed E-state index contributed by atoms with van der Waals surface area (Å²) in [7, 11) is 3.27. The van der Waals surface area contributed by atoms with Crippen LogP contribution in [0.2, 0.25) is 0 Å². The first-order valence-corrected chi connectivity index (χ1v) is 3.81. The predicted octanol–water partition coefficient (Wildman–Crippen LogP) is -0.456. The Labute approximate surface area is 68.0 Å². The van der Waals surface area contributed by atoms with Crippen molar-refractivity contribution in [3.05, 3.63) is 0 Å². The van der Waals surface area contributed by atoms with Gasteiger partial charge < -0.3 is 20.5 Å². The molecule has 0 fully saturated rings. The molecule has 3 N–H and O–H groups in total. The third-order valence-corrected chi connectivity index (χ3v) is 1.40. The van der Waals surface area contributed by atoms with Crippen molar-refractivity contribution in [3.8, 4) is 0 Å². The average molecular weight is 162 g/mol. The molecule has 11 heavy (non-hydrogen) atoms. The molecular formula is C7H18N2O2. The number of hydrogen-bond acceptors (Lipinski definition) is 4. The van der Waals surface area contributed by atoms with Gasteiger partial charge in [0.1, 0.15) is 0 Å². The van der Waals surface area contributed by atoms with Gasteiger partial charge in [-0.15, -0.1) is 0 Å². The number of nitrogens with two attached hydrogens (primary N) is 1. The van der Waals surface area contributed by atoms with Crippen molar-refractivity contribution in [3.63, 3.8) is 0 Å². The molecule has 0 unspecified atom stereocenters. The van der Waals surface area contributed by atoms with Gasteiger partial charge in [-0.25, -0.2) is 0 Å². The molecule has 0 heterocycles. The third-order valence-electron chi connectivity index (χ3n) is 1.40. The lowest BCUT2D eigenvalue weighted by molar-refractivity contribution is -0.105. The van der Waals surface area contributed by atoms with Crippen LogP contribution in [0.15, 0.2) is 0 Å². The second kappa shape index (κ2) is 7.94. The number of hydrogen-bond donors (Lipinski definition) is 2. The van der Waals surface area contributed by atoms with E-state index in [1.807, 2.05) is 0 Å². The molecule has 0 aromatic rings. The van der Waals surface area contributed by atoms with E-state index in [-0.39, 0.29) is 6.29 Å². The Kier molecular flexibility index (Phi) is 7.83. The summed E-state index contributed by atoms with van der Waals surface area (Å²) in [5.41, 5.74) is 5.29. The molecule has 4 nitrogen and oxygen atoms in total. The van der Waals surface area contributed by atoms with Crippen molar-refractivity contribution in [1.29, 1.82) is 0 Å². The van der Waals surface area contributed by atoms with E-state index >= 15 is 0 Å². The highest BCUT2D eigenvalue weighted by Gasteiger charge is 2.02. The van der Waals surface area contributed by atoms with Crippen LogP contribution >= 0.6 is 0 Å². The molecule has 0 aromatic heterocycles. The predicted molar refractivity (Wildman–Crippen MR) is 44.3 cm³/mol. The first-order chi connectivity index (χ1) is 5.35. The molecular weight excluding hydrogens is 144 g/mol. The van der Waals surface area contributed by atoms with Crippen molar-refractivity contribution in [2.45, 2.75) is 12.7 Å². The zero-order valence-electron chi connectivity index (χ0n) is 7.30. The summed E-state index contributed by atoms with van der Waals surface area (Å²) in [6.07, 6.45) is 0.757. The summed E-state index contributed by atoms with van der Waals surface area (Å²) in [5, 5.41) is 3.15. The van der Waals surface area contributed by atoms with Crippen molar-refractivity contribution in [2.75, 3.05) is 33.9 Å². The van der Waals surface area contributed by atoms with Gasteiger partial charge in [-0.2, -0.15) is 0 Å². The number of ether oxygens (including phenoxy) is 2. The van der Waals surface area contributed by atoms with Gasteiger partial charge in [0.2, 0.25) is 0 Å². The lowest BCUT2D eigenvalue weighted by Gasteiger charge is -2.12. The fourth-order valence-electron chi connectivity index (χ4n) is 0.779. The summed E-state index contributed by atoms with van der Waals surface area (Å²) in [6.45, 7) is 2.40. The van der Waals surface area contributed by atoms with Gasteiger partial charge in [-0.3, -0.25) is 0 Å². The van der Waals surface area contributed by atoms with Crippen molar-refractivity contribution < 1.29 is 9.47 Å². The molecule has 0 radical (unpaired) electrons. The van der Waals surface area contributed by atoms with E-state index in [1.54, 1.807) is 14.2 Å². The molecule has 0 amide bonds. The second-order valence-corrected chi connectivity index (χ2v) is 2.23. The molecule has 0 bridgehead atoms. The Morgan fingerprint density at radius 1 is 1.27 bits per heavy atom. The van der Waals surface area contributed by atoms with E-state index in [1.165, 1.54) is 0 Å². The Hall–Kier alpha value is -0.160. The highest BCUT2D eigenvalue weighted by Crippen LogP contribution is 1.94. The zero-order chi connectivity index (χ0) is 8.53. The summed E-state index contributed by atoms with van der Waals surface area (Å²) >= 11 is 0. The second-order valence-electron chi connectivity index (χ2n) is 2.23. The highest BCUT2D eigenvalue weighted by atomic mass is 16.7. The molecule has 0 aromatic carbocycles. The van der Waals surface area contributed by atoms with E-state index in [4.69, 9.17) is 15.2 Å². The standard InChI is InChI=1S/C7H18N2O2/c1-10-7(11-2)3-5-9-6-4-8/h7,9H,3-6,8H2,1-2H3. The smallest absolute Gasteiger partial charge is 0.158 e. The molecule has 0 aliphatic heterocycles. The summed E-state index contributed by atoms with van der Waals surface area (Å²) < 4.78 is 9.97. The Morgan fingerprint density at radius 3 is 2.36 bits per heavy atom. The maximum atomic E-state index is 5.29. The Morgan fingerprint density at radius 2 is 1.91 bits per heavy atom. The fraction of sp³-hybridized carbons (Fsp3) is 1.00. The van der Waals surface area contributed by atoms with Crippen LogP contribution in [0.3, 0.4) is 0 Å². The van der Waals surface area contributed by atoms with Gasteiger partial charge in [0.25, 0.3) is 0 Å². The van der Waals surface area contributed by atoms with Crippen LogP contribution in [-0.2, 0) is 9.47 Å². The van der Waals surface area contributed by atoms with Crippen LogP contribution in [0.5, 0.6) is 0 Å². The topological polar surface area (TPSA) is 56.5 Å². The fourth-order valence-corrected chi connectivity index (χ4v) is 0.779. The number of rotatable bonds is 7. The lowest BCUT2D eigenvalue weighted by atomic mass is 10.4. The summed E-state index contributed by atoms with van der Waals surface area (Å²) in [6, 6.07) is 0. The third kappa shape index (κ3) is 6.25. The SMILES string of the molecule is COC(CCNCCN)OC. The molecule has 0 aliphatic carbocycles. The van der Waals surface area contributed by atoms with Crippen molar-refractivity contribution >= 4 is 0 Å². The highest BCUT2D eigenvalue weighted by molar-refractivity contribution is 4.50. The van der Waals surface area contributed by atoms with Crippen molar-refractivity contribution in [2.24, 2.45) is 5.73 Å². The maximum absolute atomic E-state index is 5.29. The molecule has 0 saturated heterocycles. The van der Waals surface area contributed by atoms with E-state index < -0.39 is 0 Å². The average Bonchev–Trinajstić information content (AvgIpc) is 2.05. The van der Waals surface area contributed by atoms with Gasteiger partial charge in [0, 0.05) is 33.7 Å². The number of methoxy groups -OCH3 is 2. The summed E-state index contributed by atoms with van der Waals surface area (Å²) in [4.78, 5) is 0. The molecule has 68 valence electrons. The quantitative estimate of drug-likeness (QED) is 0.393. The van der Waals surface area contributed by atoms with Crippen LogP contribution in [0.25, 0.3) is 0 Å². The number of nitrogens with one attached hydrogen (secondary N) is 1. The minimum atomic E-state index is -0.0970. The van der Waals surface area contributed by atoms with Gasteiger partial charge in [-0.1, -0.05) is 0 Å².